The molecule has 0 saturated heterocycles. The van der Waals surface area contributed by atoms with Crippen molar-refractivity contribution >= 4 is 0 Å². The van der Waals surface area contributed by atoms with Gasteiger partial charge in [0.2, 0.25) is 0 Å². The summed E-state index contributed by atoms with van der Waals surface area (Å²) in [6.45, 7) is 2.06. The molecule has 0 aliphatic carbocycles. The van der Waals surface area contributed by atoms with E-state index in [1.165, 1.54) is 5.56 Å². The summed E-state index contributed by atoms with van der Waals surface area (Å²) in [6, 6.07) is 10.6. The molecule has 0 fully saturated rings. The van der Waals surface area contributed by atoms with E-state index >= 15 is 0 Å². The molecule has 0 aromatic heterocycles. The van der Waals surface area contributed by atoms with Crippen LogP contribution in [0.25, 0.3) is 0 Å². The number of hydrogen-bond acceptors (Lipinski definition) is 0. The Kier molecular flexibility index (Phi) is 3.46. The first-order chi connectivity index (χ1) is 5.43. The second kappa shape index (κ2) is 4.73. The lowest BCUT2D eigenvalue weighted by Gasteiger charge is -1.95. The van der Waals surface area contributed by atoms with E-state index in [2.05, 4.69) is 49.4 Å². The Morgan fingerprint density at radius 2 is 1.91 bits per heavy atom. The van der Waals surface area contributed by atoms with Gasteiger partial charge in [0.05, 0.1) is 0 Å². The molecular weight excluding hydrogens is 132 g/mol. The Hall–Kier alpha value is -1.04. The van der Waals surface area contributed by atoms with E-state index in [1.807, 2.05) is 0 Å². The molecule has 11 heavy (non-hydrogen) atoms. The third-order valence-electron chi connectivity index (χ3n) is 1.68. The van der Waals surface area contributed by atoms with Crippen LogP contribution >= 0.6 is 0 Å². The molecule has 0 saturated carbocycles. The van der Waals surface area contributed by atoms with Gasteiger partial charge in [-0.2, -0.15) is 0 Å². The predicted octanol–water partition coefficient (Wildman–Crippen LogP) is 3.20. The summed E-state index contributed by atoms with van der Waals surface area (Å²) in [4.78, 5) is 0. The van der Waals surface area contributed by atoms with Crippen molar-refractivity contribution in [1.29, 1.82) is 0 Å². The largest absolute Gasteiger partial charge is 0.0917 e. The zero-order chi connectivity index (χ0) is 7.94. The fourth-order valence-electron chi connectivity index (χ4n) is 1.06. The molecule has 1 aromatic rings. The molecule has 0 amide bonds. The number of allylic oxidation sites excluding steroid dienone is 2. The van der Waals surface area contributed by atoms with E-state index < -0.39 is 0 Å². The van der Waals surface area contributed by atoms with E-state index in [0.29, 0.717) is 0 Å². The molecule has 58 valence electrons. The normalized spacial score (nSPS) is 10.6. The number of hydrogen-bond donors (Lipinski definition) is 0. The second-order valence-electron chi connectivity index (χ2n) is 2.59. The summed E-state index contributed by atoms with van der Waals surface area (Å²) in [5, 5.41) is 0. The predicted molar refractivity (Wildman–Crippen MR) is 49.6 cm³/mol. The first-order valence-electron chi connectivity index (χ1n) is 4.08. The molecule has 0 heterocycles. The number of rotatable bonds is 3. The number of aryl methyl sites for hydroxylation is 1. The van der Waals surface area contributed by atoms with Crippen LogP contribution in [0.3, 0.4) is 0 Å². The van der Waals surface area contributed by atoms with Crippen LogP contribution in [0.2, 0.25) is 0 Å². The van der Waals surface area contributed by atoms with Gasteiger partial charge in [-0.3, -0.25) is 0 Å². The summed E-state index contributed by atoms with van der Waals surface area (Å²) in [5.41, 5.74) is 1.42. The summed E-state index contributed by atoms with van der Waals surface area (Å²) in [5.74, 6) is 0. The van der Waals surface area contributed by atoms with Crippen molar-refractivity contribution < 1.29 is 0 Å². The van der Waals surface area contributed by atoms with E-state index in [9.17, 15) is 0 Å². The average molecular weight is 146 g/mol. The first-order valence-corrected chi connectivity index (χ1v) is 4.08. The molecule has 1 aromatic carbocycles. The first kappa shape index (κ1) is 8.06. The van der Waals surface area contributed by atoms with Crippen LogP contribution in [0.5, 0.6) is 0 Å². The van der Waals surface area contributed by atoms with Gasteiger partial charge in [-0.1, -0.05) is 42.5 Å². The third-order valence-corrected chi connectivity index (χ3v) is 1.68. The molecule has 0 aliphatic heterocycles. The van der Waals surface area contributed by atoms with Crippen molar-refractivity contribution in [1.82, 2.24) is 0 Å². The lowest BCUT2D eigenvalue weighted by Crippen LogP contribution is -1.80. The minimum absolute atomic E-state index is 1.15. The maximum atomic E-state index is 2.20. The van der Waals surface area contributed by atoms with Gasteiger partial charge in [0, 0.05) is 0 Å². The van der Waals surface area contributed by atoms with Crippen molar-refractivity contribution in [3.8, 4) is 0 Å². The molecule has 0 unspecified atom stereocenters. The van der Waals surface area contributed by atoms with Crippen molar-refractivity contribution in [3.05, 3.63) is 48.0 Å². The van der Waals surface area contributed by atoms with Gasteiger partial charge in [-0.25, -0.2) is 0 Å². The zero-order valence-corrected chi connectivity index (χ0v) is 6.96. The van der Waals surface area contributed by atoms with Crippen LogP contribution < -0.4 is 0 Å². The van der Waals surface area contributed by atoms with E-state index in [0.717, 1.165) is 12.8 Å². The van der Waals surface area contributed by atoms with E-state index in [-0.39, 0.29) is 0 Å². The summed E-state index contributed by atoms with van der Waals surface area (Å²) in [7, 11) is 0. The minimum atomic E-state index is 1.15. The van der Waals surface area contributed by atoms with Crippen LogP contribution in [0, 0.1) is 0 Å². The van der Waals surface area contributed by atoms with E-state index in [4.69, 9.17) is 0 Å². The van der Waals surface area contributed by atoms with Crippen LogP contribution in [-0.2, 0) is 6.42 Å². The fourth-order valence-corrected chi connectivity index (χ4v) is 1.06. The van der Waals surface area contributed by atoms with Gasteiger partial charge in [-0.05, 0) is 25.3 Å². The van der Waals surface area contributed by atoms with Gasteiger partial charge < -0.3 is 0 Å². The quantitative estimate of drug-likeness (QED) is 0.574. The van der Waals surface area contributed by atoms with Gasteiger partial charge in [0.15, 0.2) is 0 Å². The third kappa shape index (κ3) is 3.03. The summed E-state index contributed by atoms with van der Waals surface area (Å²) >= 11 is 0. The Labute approximate surface area is 68.6 Å². The Balaban J connectivity index is 2.39. The zero-order valence-electron chi connectivity index (χ0n) is 6.96. The lowest BCUT2D eigenvalue weighted by molar-refractivity contribution is 1.000. The molecule has 0 spiro atoms. The van der Waals surface area contributed by atoms with Crippen molar-refractivity contribution in [2.45, 2.75) is 19.8 Å². The van der Waals surface area contributed by atoms with Gasteiger partial charge >= 0.3 is 0 Å². The van der Waals surface area contributed by atoms with Crippen LogP contribution in [0.15, 0.2) is 42.5 Å². The van der Waals surface area contributed by atoms with Crippen molar-refractivity contribution in [2.24, 2.45) is 0 Å². The number of benzene rings is 1. The molecule has 0 N–H and O–H groups in total. The van der Waals surface area contributed by atoms with Crippen molar-refractivity contribution in [3.63, 3.8) is 0 Å². The molecule has 0 heteroatoms. The smallest absolute Gasteiger partial charge is 0.0244 e. The Bertz CT molecular complexity index is 209. The average Bonchev–Trinajstić information content (AvgIpc) is 2.07. The summed E-state index contributed by atoms with van der Waals surface area (Å²) < 4.78 is 0. The Morgan fingerprint density at radius 1 is 1.18 bits per heavy atom. The fraction of sp³-hybridized carbons (Fsp3) is 0.273. The molecule has 0 radical (unpaired) electrons. The second-order valence-corrected chi connectivity index (χ2v) is 2.59. The maximum Gasteiger partial charge on any atom is -0.0244 e. The highest BCUT2D eigenvalue weighted by molar-refractivity contribution is 5.15. The van der Waals surface area contributed by atoms with E-state index in [1.54, 1.807) is 0 Å². The van der Waals surface area contributed by atoms with Crippen LogP contribution in [-0.4, -0.2) is 0 Å². The van der Waals surface area contributed by atoms with Gasteiger partial charge in [0.25, 0.3) is 0 Å². The minimum Gasteiger partial charge on any atom is -0.0917 e. The van der Waals surface area contributed by atoms with Crippen molar-refractivity contribution in [2.75, 3.05) is 0 Å². The monoisotopic (exact) mass is 146 g/mol. The standard InChI is InChI=1S/C11H14/c1-2-3-5-8-11-9-6-4-7-10-11/h2-4,6-7,9-10H,5,8H2,1H3/b3-2+. The lowest BCUT2D eigenvalue weighted by atomic mass is 10.1. The maximum absolute atomic E-state index is 2.20. The molecular formula is C11H14. The molecule has 0 atom stereocenters. The topological polar surface area (TPSA) is 0 Å². The highest BCUT2D eigenvalue weighted by Gasteiger charge is 1.86. The summed E-state index contributed by atoms with van der Waals surface area (Å²) in [6.07, 6.45) is 6.61. The molecule has 0 bridgehead atoms. The Morgan fingerprint density at radius 3 is 2.55 bits per heavy atom. The highest BCUT2D eigenvalue weighted by atomic mass is 13.9. The molecule has 0 nitrogen and oxygen atoms in total. The van der Waals surface area contributed by atoms with Gasteiger partial charge in [-0.15, -0.1) is 0 Å². The van der Waals surface area contributed by atoms with Gasteiger partial charge in [0.1, 0.15) is 0 Å². The highest BCUT2D eigenvalue weighted by Crippen LogP contribution is 2.02. The molecule has 1 rings (SSSR count). The molecule has 0 aliphatic rings. The SMILES string of the molecule is C/C=C/CCc1ccccc1. The van der Waals surface area contributed by atoms with Crippen LogP contribution in [0.1, 0.15) is 18.9 Å². The van der Waals surface area contributed by atoms with Crippen LogP contribution in [0.4, 0.5) is 0 Å².